The number of amides is 1. The van der Waals surface area contributed by atoms with Gasteiger partial charge in [0.15, 0.2) is 0 Å². The van der Waals surface area contributed by atoms with Crippen molar-refractivity contribution < 1.29 is 9.90 Å². The summed E-state index contributed by atoms with van der Waals surface area (Å²) >= 11 is 0. The van der Waals surface area contributed by atoms with Gasteiger partial charge < -0.3 is 10.0 Å². The van der Waals surface area contributed by atoms with Crippen molar-refractivity contribution in [1.29, 1.82) is 0 Å². The summed E-state index contributed by atoms with van der Waals surface area (Å²) in [6, 6.07) is 5.88. The summed E-state index contributed by atoms with van der Waals surface area (Å²) in [6.07, 6.45) is 15.5. The number of aliphatic hydroxyl groups excluding tert-OH is 1. The van der Waals surface area contributed by atoms with Crippen LogP contribution in [0.15, 0.2) is 36.0 Å². The molecular weight excluding hydrogens is 432 g/mol. The average Bonchev–Trinajstić information content (AvgIpc) is 3.20. The quantitative estimate of drug-likeness (QED) is 0.482. The molecule has 192 valence electrons. The van der Waals surface area contributed by atoms with Gasteiger partial charge >= 0.3 is 0 Å². The Kier molecular flexibility index (Phi) is 6.89. The van der Waals surface area contributed by atoms with Gasteiger partial charge in [-0.25, -0.2) is 0 Å². The van der Waals surface area contributed by atoms with Gasteiger partial charge in [0.05, 0.1) is 18.3 Å². The molecular formula is C31H46N2O2. The van der Waals surface area contributed by atoms with Crippen LogP contribution in [0, 0.1) is 40.4 Å². The highest BCUT2D eigenvalue weighted by Crippen LogP contribution is 2.67. The Hall–Kier alpha value is -1.68. The second-order valence-corrected chi connectivity index (χ2v) is 13.0. The summed E-state index contributed by atoms with van der Waals surface area (Å²) in [4.78, 5) is 19.1. The molecule has 1 aromatic rings. The summed E-state index contributed by atoms with van der Waals surface area (Å²) in [5, 5.41) is 10.3. The van der Waals surface area contributed by atoms with E-state index in [2.05, 4.69) is 31.8 Å². The van der Waals surface area contributed by atoms with Crippen LogP contribution in [-0.4, -0.2) is 34.0 Å². The minimum absolute atomic E-state index is 0.123. The Balaban J connectivity index is 1.21. The molecule has 4 aliphatic rings. The van der Waals surface area contributed by atoms with Gasteiger partial charge in [0.2, 0.25) is 5.91 Å². The number of hydrogen-bond acceptors (Lipinski definition) is 3. The summed E-state index contributed by atoms with van der Waals surface area (Å²) in [7, 11) is 1.91. The van der Waals surface area contributed by atoms with E-state index in [4.69, 9.17) is 0 Å². The molecule has 5 rings (SSSR count). The Bertz CT molecular complexity index is 945. The monoisotopic (exact) mass is 478 g/mol. The Labute approximate surface area is 212 Å². The van der Waals surface area contributed by atoms with E-state index in [-0.39, 0.29) is 12.0 Å². The van der Waals surface area contributed by atoms with Gasteiger partial charge in [-0.15, -0.1) is 0 Å². The molecule has 1 heterocycles. The zero-order valence-corrected chi connectivity index (χ0v) is 22.4. The predicted octanol–water partition coefficient (Wildman–Crippen LogP) is 6.40. The standard InChI is InChI=1S/C31H46N2O2/c1-21(8-13-29(35)33(4)20-23-7-5-6-18-32-23)26-11-12-27-25-10-9-22-19-24(34)14-16-30(22,2)28(25)15-17-31(26,27)3/h5-7,9,18,21,24-28,34H,8,10-17,19-20H2,1-4H3/t21?,24-,25-,26+,27-,28-,30-,31+/m0/s1. The molecule has 3 fully saturated rings. The molecule has 35 heavy (non-hydrogen) atoms. The van der Waals surface area contributed by atoms with E-state index in [1.165, 1.54) is 38.5 Å². The number of fused-ring (bicyclic) bond motifs is 5. The predicted molar refractivity (Wildman–Crippen MR) is 140 cm³/mol. The third-order valence-electron chi connectivity index (χ3n) is 11.2. The highest BCUT2D eigenvalue weighted by molar-refractivity contribution is 5.75. The van der Waals surface area contributed by atoms with Crippen LogP contribution in [0.5, 0.6) is 0 Å². The van der Waals surface area contributed by atoms with Crippen molar-refractivity contribution in [2.75, 3.05) is 7.05 Å². The molecule has 0 spiro atoms. The molecule has 0 aliphatic heterocycles. The molecule has 3 saturated carbocycles. The van der Waals surface area contributed by atoms with Crippen LogP contribution in [0.25, 0.3) is 0 Å². The van der Waals surface area contributed by atoms with E-state index >= 15 is 0 Å². The van der Waals surface area contributed by atoms with E-state index in [1.807, 2.05) is 30.1 Å². The van der Waals surface area contributed by atoms with Crippen molar-refractivity contribution in [1.82, 2.24) is 9.88 Å². The number of allylic oxidation sites excluding steroid dienone is 1. The first-order valence-corrected chi connectivity index (χ1v) is 14.2. The van der Waals surface area contributed by atoms with Gasteiger partial charge in [0.25, 0.3) is 0 Å². The first kappa shape index (κ1) is 25.0. The molecule has 0 saturated heterocycles. The number of aliphatic hydroxyl groups is 1. The fraction of sp³-hybridized carbons (Fsp3) is 0.742. The van der Waals surface area contributed by atoms with Crippen molar-refractivity contribution in [3.63, 3.8) is 0 Å². The molecule has 1 N–H and O–H groups in total. The van der Waals surface area contributed by atoms with Gasteiger partial charge in [-0.2, -0.15) is 0 Å². The van der Waals surface area contributed by atoms with Crippen LogP contribution in [0.4, 0.5) is 0 Å². The number of aromatic nitrogens is 1. The van der Waals surface area contributed by atoms with Gasteiger partial charge in [0, 0.05) is 19.7 Å². The molecule has 4 heteroatoms. The Morgan fingerprint density at radius 2 is 2.00 bits per heavy atom. The zero-order chi connectivity index (χ0) is 24.8. The first-order chi connectivity index (χ1) is 16.7. The van der Waals surface area contributed by atoms with E-state index in [1.54, 1.807) is 11.8 Å². The summed E-state index contributed by atoms with van der Waals surface area (Å²) < 4.78 is 0. The normalized spacial score (nSPS) is 39.1. The second kappa shape index (κ2) is 9.65. The topological polar surface area (TPSA) is 53.4 Å². The van der Waals surface area contributed by atoms with E-state index in [9.17, 15) is 9.90 Å². The van der Waals surface area contributed by atoms with Gasteiger partial charge in [0.1, 0.15) is 0 Å². The van der Waals surface area contributed by atoms with Crippen LogP contribution in [0.1, 0.15) is 90.7 Å². The van der Waals surface area contributed by atoms with E-state index < -0.39 is 0 Å². The van der Waals surface area contributed by atoms with E-state index in [0.717, 1.165) is 48.6 Å². The number of nitrogens with zero attached hydrogens (tertiary/aromatic N) is 2. The summed E-state index contributed by atoms with van der Waals surface area (Å²) in [5.41, 5.74) is 3.25. The minimum atomic E-state index is -0.123. The van der Waals surface area contributed by atoms with E-state index in [0.29, 0.717) is 29.7 Å². The largest absolute Gasteiger partial charge is 0.393 e. The summed E-state index contributed by atoms with van der Waals surface area (Å²) in [6.45, 7) is 8.13. The van der Waals surface area contributed by atoms with Gasteiger partial charge in [-0.05, 0) is 110 Å². The minimum Gasteiger partial charge on any atom is -0.393 e. The lowest BCUT2D eigenvalue weighted by atomic mass is 9.47. The maximum atomic E-state index is 12.9. The molecule has 4 aliphatic carbocycles. The van der Waals surface area contributed by atoms with Crippen molar-refractivity contribution in [3.05, 3.63) is 41.7 Å². The molecule has 1 amide bonds. The SMILES string of the molecule is CC(CCC(=O)N(C)Cc1ccccn1)[C@H]1CC[C@H]2[C@@H]3CC=C4C[C@@H](O)CC[C@]4(C)[C@H]3CC[C@]12C. The smallest absolute Gasteiger partial charge is 0.222 e. The number of carbonyl (C=O) groups is 1. The molecule has 0 bridgehead atoms. The third-order valence-corrected chi connectivity index (χ3v) is 11.2. The van der Waals surface area contributed by atoms with Gasteiger partial charge in [-0.3, -0.25) is 9.78 Å². The highest BCUT2D eigenvalue weighted by atomic mass is 16.3. The Morgan fingerprint density at radius 1 is 1.17 bits per heavy atom. The van der Waals surface area contributed by atoms with Crippen molar-refractivity contribution in [2.24, 2.45) is 40.4 Å². The zero-order valence-electron chi connectivity index (χ0n) is 22.4. The van der Waals surface area contributed by atoms with Crippen LogP contribution in [0.2, 0.25) is 0 Å². The highest BCUT2D eigenvalue weighted by Gasteiger charge is 2.59. The average molecular weight is 479 g/mol. The number of rotatable bonds is 6. The molecule has 8 atom stereocenters. The lowest BCUT2D eigenvalue weighted by molar-refractivity contribution is -0.131. The molecule has 0 radical (unpaired) electrons. The molecule has 0 aromatic carbocycles. The van der Waals surface area contributed by atoms with Gasteiger partial charge in [-0.1, -0.05) is 38.5 Å². The summed E-state index contributed by atoms with van der Waals surface area (Å²) in [5.74, 6) is 3.98. The number of pyridine rings is 1. The molecule has 1 aromatic heterocycles. The maximum absolute atomic E-state index is 12.9. The first-order valence-electron chi connectivity index (χ1n) is 14.2. The molecule has 4 nitrogen and oxygen atoms in total. The maximum Gasteiger partial charge on any atom is 0.222 e. The molecule has 1 unspecified atom stereocenters. The fourth-order valence-electron chi connectivity index (χ4n) is 9.18. The van der Waals surface area contributed by atoms with Crippen molar-refractivity contribution in [3.8, 4) is 0 Å². The lowest BCUT2D eigenvalue weighted by Crippen LogP contribution is -2.50. The van der Waals surface area contributed by atoms with Crippen LogP contribution >= 0.6 is 0 Å². The van der Waals surface area contributed by atoms with Crippen molar-refractivity contribution in [2.45, 2.75) is 97.6 Å². The number of carbonyl (C=O) groups excluding carboxylic acids is 1. The Morgan fingerprint density at radius 3 is 2.77 bits per heavy atom. The number of hydrogen-bond donors (Lipinski definition) is 1. The second-order valence-electron chi connectivity index (χ2n) is 13.0. The van der Waals surface area contributed by atoms with Crippen LogP contribution in [-0.2, 0) is 11.3 Å². The fourth-order valence-corrected chi connectivity index (χ4v) is 9.18. The lowest BCUT2D eigenvalue weighted by Gasteiger charge is -2.58. The third kappa shape index (κ3) is 4.49. The van der Waals surface area contributed by atoms with Crippen LogP contribution < -0.4 is 0 Å². The van der Waals surface area contributed by atoms with Crippen LogP contribution in [0.3, 0.4) is 0 Å². The van der Waals surface area contributed by atoms with Crippen molar-refractivity contribution >= 4 is 5.91 Å².